The Morgan fingerprint density at radius 1 is 1.15 bits per heavy atom. The van der Waals surface area contributed by atoms with Crippen LogP contribution in [0.4, 0.5) is 24.5 Å². The van der Waals surface area contributed by atoms with Crippen molar-refractivity contribution < 1.29 is 22.5 Å². The molecule has 140 valence electrons. The van der Waals surface area contributed by atoms with E-state index in [0.29, 0.717) is 24.1 Å². The van der Waals surface area contributed by atoms with Gasteiger partial charge in [-0.15, -0.1) is 0 Å². The maximum absolute atomic E-state index is 12.7. The van der Waals surface area contributed by atoms with Gasteiger partial charge in [-0.3, -0.25) is 10.1 Å². The topological polar surface area (TPSA) is 81.2 Å². The predicted octanol–water partition coefficient (Wildman–Crippen LogP) is 4.92. The van der Waals surface area contributed by atoms with Gasteiger partial charge < -0.3 is 9.73 Å². The molecule has 0 aliphatic heterocycles. The molecule has 0 unspecified atom stereocenters. The number of benzene rings is 2. The van der Waals surface area contributed by atoms with E-state index in [1.165, 1.54) is 6.26 Å². The van der Waals surface area contributed by atoms with Gasteiger partial charge in [0.25, 0.3) is 5.69 Å². The van der Waals surface area contributed by atoms with E-state index in [4.69, 9.17) is 4.42 Å². The molecule has 0 saturated heterocycles. The summed E-state index contributed by atoms with van der Waals surface area (Å²) in [6.07, 6.45) is -2.78. The highest BCUT2D eigenvalue weighted by molar-refractivity contribution is 5.63. The van der Waals surface area contributed by atoms with Gasteiger partial charge in [-0.05, 0) is 24.3 Å². The molecule has 0 fully saturated rings. The number of alkyl halides is 3. The van der Waals surface area contributed by atoms with Gasteiger partial charge in [0.1, 0.15) is 12.0 Å². The summed E-state index contributed by atoms with van der Waals surface area (Å²) in [5.41, 5.74) is -0.246. The Morgan fingerprint density at radius 3 is 2.56 bits per heavy atom. The Bertz CT molecular complexity index is 940. The van der Waals surface area contributed by atoms with Gasteiger partial charge in [0.05, 0.1) is 16.2 Å². The lowest BCUT2D eigenvalue weighted by Crippen LogP contribution is -2.10. The van der Waals surface area contributed by atoms with E-state index in [2.05, 4.69) is 10.3 Å². The molecule has 27 heavy (non-hydrogen) atoms. The first-order chi connectivity index (χ1) is 12.8. The Balaban J connectivity index is 1.67. The molecule has 1 aromatic heterocycles. The van der Waals surface area contributed by atoms with Gasteiger partial charge in [0.2, 0.25) is 5.89 Å². The summed E-state index contributed by atoms with van der Waals surface area (Å²) >= 11 is 0. The second-order valence-corrected chi connectivity index (χ2v) is 5.67. The van der Waals surface area contributed by atoms with Crippen LogP contribution in [0.15, 0.2) is 59.2 Å². The first-order valence-electron chi connectivity index (χ1n) is 7.94. The van der Waals surface area contributed by atoms with E-state index < -0.39 is 22.4 Å². The second kappa shape index (κ2) is 7.48. The van der Waals surface area contributed by atoms with Crippen LogP contribution in [0, 0.1) is 10.1 Å². The van der Waals surface area contributed by atoms with Gasteiger partial charge >= 0.3 is 6.18 Å². The first kappa shape index (κ1) is 18.4. The molecule has 9 heteroatoms. The summed E-state index contributed by atoms with van der Waals surface area (Å²) in [7, 11) is 0. The van der Waals surface area contributed by atoms with E-state index in [-0.39, 0.29) is 12.2 Å². The average molecular weight is 377 g/mol. The molecule has 0 amide bonds. The number of aromatic nitrogens is 1. The van der Waals surface area contributed by atoms with Crippen LogP contribution in [0.5, 0.6) is 0 Å². The van der Waals surface area contributed by atoms with Crippen LogP contribution in [0.2, 0.25) is 0 Å². The van der Waals surface area contributed by atoms with Crippen LogP contribution >= 0.6 is 0 Å². The van der Waals surface area contributed by atoms with Crippen molar-refractivity contribution in [2.75, 3.05) is 11.9 Å². The zero-order valence-corrected chi connectivity index (χ0v) is 13.9. The minimum absolute atomic E-state index is 0.0137. The third-order valence-corrected chi connectivity index (χ3v) is 3.79. The minimum atomic E-state index is -4.64. The number of hydrogen-bond donors (Lipinski definition) is 1. The fraction of sp³-hybridized carbons (Fsp3) is 0.167. The lowest BCUT2D eigenvalue weighted by molar-refractivity contribution is -0.384. The van der Waals surface area contributed by atoms with E-state index in [1.54, 1.807) is 0 Å². The van der Waals surface area contributed by atoms with E-state index in [9.17, 15) is 23.3 Å². The number of nitrogens with zero attached hydrogens (tertiary/aromatic N) is 2. The highest BCUT2D eigenvalue weighted by atomic mass is 19.4. The number of nitrogens with one attached hydrogen (secondary N) is 1. The maximum atomic E-state index is 12.7. The number of anilines is 1. The predicted molar refractivity (Wildman–Crippen MR) is 92.2 cm³/mol. The first-order valence-corrected chi connectivity index (χ1v) is 7.94. The van der Waals surface area contributed by atoms with Crippen molar-refractivity contribution in [1.29, 1.82) is 0 Å². The van der Waals surface area contributed by atoms with Crippen LogP contribution in [0.3, 0.4) is 0 Å². The summed E-state index contributed by atoms with van der Waals surface area (Å²) in [6.45, 7) is 0.243. The lowest BCUT2D eigenvalue weighted by Gasteiger charge is -2.10. The molecule has 2 aromatic carbocycles. The van der Waals surface area contributed by atoms with Crippen LogP contribution in [0.1, 0.15) is 11.3 Å². The average Bonchev–Trinajstić information content (AvgIpc) is 3.10. The highest BCUT2D eigenvalue weighted by Gasteiger charge is 2.33. The van der Waals surface area contributed by atoms with Crippen LogP contribution < -0.4 is 5.32 Å². The molecule has 3 rings (SSSR count). The summed E-state index contributed by atoms with van der Waals surface area (Å²) in [4.78, 5) is 14.5. The van der Waals surface area contributed by atoms with Crippen molar-refractivity contribution in [2.45, 2.75) is 12.6 Å². The monoisotopic (exact) mass is 377 g/mol. The Kier molecular flexibility index (Phi) is 5.11. The largest absolute Gasteiger partial charge is 0.444 e. The number of halogens is 3. The standard InChI is InChI=1S/C18H14F3N3O3/c19-18(20,21)13-6-7-15(16(10-13)24(25)26)22-9-8-14-11-27-17(23-14)12-4-2-1-3-5-12/h1-7,10-11,22H,8-9H2. The molecular weight excluding hydrogens is 363 g/mol. The number of nitro groups is 1. The van der Waals surface area contributed by atoms with Crippen molar-refractivity contribution in [3.8, 4) is 11.5 Å². The molecule has 0 aliphatic carbocycles. The van der Waals surface area contributed by atoms with Gasteiger partial charge in [0, 0.05) is 24.6 Å². The molecule has 0 spiro atoms. The fourth-order valence-electron chi connectivity index (χ4n) is 2.47. The fourth-order valence-corrected chi connectivity index (χ4v) is 2.47. The number of rotatable bonds is 6. The van der Waals surface area contributed by atoms with Gasteiger partial charge in [0.15, 0.2) is 0 Å². The molecule has 0 atom stereocenters. The van der Waals surface area contributed by atoms with Crippen LogP contribution in [-0.2, 0) is 12.6 Å². The number of hydrogen-bond acceptors (Lipinski definition) is 5. The van der Waals surface area contributed by atoms with Crippen molar-refractivity contribution >= 4 is 11.4 Å². The van der Waals surface area contributed by atoms with Gasteiger partial charge in [-0.2, -0.15) is 13.2 Å². The van der Waals surface area contributed by atoms with Crippen LogP contribution in [-0.4, -0.2) is 16.5 Å². The molecule has 3 aromatic rings. The van der Waals surface area contributed by atoms with E-state index >= 15 is 0 Å². The molecule has 0 radical (unpaired) electrons. The van der Waals surface area contributed by atoms with Gasteiger partial charge in [-0.25, -0.2) is 4.98 Å². The summed E-state index contributed by atoms with van der Waals surface area (Å²) < 4.78 is 43.5. The maximum Gasteiger partial charge on any atom is 0.416 e. The normalized spacial score (nSPS) is 11.4. The molecule has 0 aliphatic rings. The minimum Gasteiger partial charge on any atom is -0.444 e. The number of nitro benzene ring substituents is 1. The molecule has 0 saturated carbocycles. The molecular formula is C18H14F3N3O3. The van der Waals surface area contributed by atoms with Gasteiger partial charge in [-0.1, -0.05) is 18.2 Å². The quantitative estimate of drug-likeness (QED) is 0.487. The Morgan fingerprint density at radius 2 is 1.89 bits per heavy atom. The molecule has 1 heterocycles. The Hall–Kier alpha value is -3.36. The number of oxazole rings is 1. The zero-order valence-electron chi connectivity index (χ0n) is 13.9. The van der Waals surface area contributed by atoms with Crippen molar-refractivity contribution in [3.05, 3.63) is 76.2 Å². The van der Waals surface area contributed by atoms with Crippen molar-refractivity contribution in [3.63, 3.8) is 0 Å². The lowest BCUT2D eigenvalue weighted by atomic mass is 10.1. The molecule has 6 nitrogen and oxygen atoms in total. The SMILES string of the molecule is O=[N+]([O-])c1cc(C(F)(F)F)ccc1NCCc1coc(-c2ccccc2)n1. The third kappa shape index (κ3) is 4.43. The second-order valence-electron chi connectivity index (χ2n) is 5.67. The van der Waals surface area contributed by atoms with E-state index in [1.807, 2.05) is 30.3 Å². The van der Waals surface area contributed by atoms with E-state index in [0.717, 1.165) is 17.7 Å². The summed E-state index contributed by atoms with van der Waals surface area (Å²) in [5.74, 6) is 0.450. The zero-order chi connectivity index (χ0) is 19.4. The highest BCUT2D eigenvalue weighted by Crippen LogP contribution is 2.34. The summed E-state index contributed by atoms with van der Waals surface area (Å²) in [6, 6.07) is 11.6. The Labute approximate surface area is 151 Å². The van der Waals surface area contributed by atoms with Crippen molar-refractivity contribution in [2.24, 2.45) is 0 Å². The summed E-state index contributed by atoms with van der Waals surface area (Å²) in [5, 5.41) is 13.8. The molecule has 1 N–H and O–H groups in total. The molecule has 0 bridgehead atoms. The third-order valence-electron chi connectivity index (χ3n) is 3.79. The van der Waals surface area contributed by atoms with Crippen LogP contribution in [0.25, 0.3) is 11.5 Å². The smallest absolute Gasteiger partial charge is 0.416 e. The van der Waals surface area contributed by atoms with Crippen molar-refractivity contribution in [1.82, 2.24) is 4.98 Å².